The number of anilines is 2. The predicted molar refractivity (Wildman–Crippen MR) is 473 cm³/mol. The average Bonchev–Trinajstić information content (AvgIpc) is 1.66. The number of rotatable bonds is 25. The fourth-order valence-corrected chi connectivity index (χ4v) is 15.2. The normalized spacial score (nSPS) is 11.8. The zero-order valence-electron chi connectivity index (χ0n) is 66.7. The number of aromatic nitrogens is 14. The van der Waals surface area contributed by atoms with Gasteiger partial charge in [-0.05, 0) is 175 Å². The number of halogens is 12. The van der Waals surface area contributed by atoms with Crippen molar-refractivity contribution >= 4 is 157 Å². The van der Waals surface area contributed by atoms with E-state index >= 15 is 0 Å². The molecule has 0 saturated carbocycles. The topological polar surface area (TPSA) is 319 Å². The number of hydrogen-bond acceptors (Lipinski definition) is 13. The molecule has 0 aliphatic carbocycles. The first kappa shape index (κ1) is 94.7. The molecule has 0 spiro atoms. The van der Waals surface area contributed by atoms with Crippen LogP contribution in [0.15, 0.2) is 170 Å². The Balaban J connectivity index is 0.000000174. The predicted octanol–water partition coefficient (Wildman–Crippen LogP) is 17.9. The maximum absolute atomic E-state index is 13.4. The van der Waals surface area contributed by atoms with Gasteiger partial charge in [-0.25, -0.2) is 38.5 Å². The van der Waals surface area contributed by atoms with Gasteiger partial charge in [-0.2, -0.15) is 18.7 Å². The lowest BCUT2D eigenvalue weighted by molar-refractivity contribution is -0.146. The Morgan fingerprint density at radius 1 is 0.463 bits per heavy atom. The molecule has 5 aromatic carbocycles. The zero-order valence-corrected chi connectivity index (χ0v) is 74.2. The number of fused-ring (bicyclic) bond motifs is 1. The first-order chi connectivity index (χ1) is 57.5. The van der Waals surface area contributed by atoms with Gasteiger partial charge in [0, 0.05) is 175 Å². The van der Waals surface area contributed by atoms with Crippen LogP contribution < -0.4 is 39.5 Å². The van der Waals surface area contributed by atoms with Crippen LogP contribution >= 0.6 is 116 Å². The number of benzene rings is 5. The largest absolute Gasteiger partial charge is 0.480 e. The molecule has 13 rings (SSSR count). The minimum atomic E-state index is -1.05. The Morgan fingerprint density at radius 3 is 1.21 bits per heavy atom. The van der Waals surface area contributed by atoms with Gasteiger partial charge in [0.2, 0.25) is 17.8 Å². The number of nitrogens with zero attached hydrogens (tertiary/aromatic N) is 12. The van der Waals surface area contributed by atoms with Gasteiger partial charge in [0.1, 0.15) is 23.9 Å². The van der Waals surface area contributed by atoms with Gasteiger partial charge in [-0.3, -0.25) is 45.9 Å². The molecular formula is C83H84Cl10F2N16O10. The fraction of sp³-hybridized carbons (Fsp3) is 0.289. The Labute approximate surface area is 742 Å². The highest BCUT2D eigenvalue weighted by molar-refractivity contribution is 6.37. The number of carbonyl (C=O) groups is 3. The van der Waals surface area contributed by atoms with Crippen LogP contribution in [0.25, 0.3) is 11.2 Å². The van der Waals surface area contributed by atoms with Crippen LogP contribution in [0.4, 0.5) is 20.3 Å². The summed E-state index contributed by atoms with van der Waals surface area (Å²) in [5.41, 5.74) is 13.9. The summed E-state index contributed by atoms with van der Waals surface area (Å²) in [6.45, 7) is 18.9. The van der Waals surface area contributed by atoms with Gasteiger partial charge in [-0.15, -0.1) is 0 Å². The summed E-state index contributed by atoms with van der Waals surface area (Å²) in [4.78, 5) is 115. The van der Waals surface area contributed by atoms with Crippen molar-refractivity contribution in [2.24, 2.45) is 0 Å². The standard InChI is InChI=1S/C20H20Cl2FN5O2.C19H16Cl2FN5O.C17H20Cl2N2O3.C15H16Cl2N2O3.C12H12Cl2N2O/c1-3-27-14(8-12-4-5-13(21)9-15(12)22)10-28(20(27)30)11(2)19(29)26-18-16(24)6-7-17(23)25-18;1-2-27-13(7-11-3-4-12(20)8-14(11)21)9-26(19(27)28)10-17-23-15-5-6-16(22)24-18(15)25-17;1-4-20-14(8-12-6-7-13(18)9-15(12)19)10-21(17(20)23)11(3)16(22)24-5-2;1-3-18-12(6-10-4-5-11(16)7-13(10)17)8-19(15(18)22)9(2)14(20)21;1-2-16-10(7-15-12(16)17)5-8-3-4-9(13)6-11(8)14/h4-7,9-11H,3,8,24H2,1-2H3,(H,25,26,29);3-6,8-9H,2,7,10H2,1H3,(H,23,24,25);6-7,9-11H,4-5,8H2,1-3H3;4-5,7-9H,3,6H2,1-2H3,(H,20,21);3-4,6-7H,2,5H2,1H3,(H,15,17). The summed E-state index contributed by atoms with van der Waals surface area (Å²) in [7, 11) is 0. The summed E-state index contributed by atoms with van der Waals surface area (Å²) in [5, 5.41) is 17.1. The first-order valence-electron chi connectivity index (χ1n) is 37.8. The molecule has 3 unspecified atom stereocenters. The number of aromatic amines is 2. The molecule has 0 aliphatic rings. The fourth-order valence-electron chi connectivity index (χ4n) is 12.9. The summed E-state index contributed by atoms with van der Waals surface area (Å²) >= 11 is 60.6. The van der Waals surface area contributed by atoms with Crippen molar-refractivity contribution in [3.63, 3.8) is 0 Å². The second kappa shape index (κ2) is 43.1. The summed E-state index contributed by atoms with van der Waals surface area (Å²) in [6, 6.07) is 29.0. The van der Waals surface area contributed by atoms with Gasteiger partial charge in [0.25, 0.3) is 0 Å². The molecule has 38 heteroatoms. The molecule has 121 heavy (non-hydrogen) atoms. The second-order valence-corrected chi connectivity index (χ2v) is 31.4. The summed E-state index contributed by atoms with van der Waals surface area (Å²) < 4.78 is 45.2. The minimum absolute atomic E-state index is 0.0902. The lowest BCUT2D eigenvalue weighted by atomic mass is 10.1. The molecule has 8 aromatic heterocycles. The third-order valence-electron chi connectivity index (χ3n) is 19.3. The number of ether oxygens (including phenoxy) is 1. The Kier molecular flexibility index (Phi) is 33.7. The number of aliphatic carboxylic acids is 1. The Bertz CT molecular complexity index is 6230. The lowest BCUT2D eigenvalue weighted by Crippen LogP contribution is -2.32. The molecule has 0 aliphatic heterocycles. The van der Waals surface area contributed by atoms with Crippen molar-refractivity contribution in [3.8, 4) is 0 Å². The number of imidazole rings is 6. The number of H-pyrrole nitrogens is 2. The Morgan fingerprint density at radius 2 is 0.826 bits per heavy atom. The average molecular weight is 1860 g/mol. The van der Waals surface area contributed by atoms with Crippen LogP contribution in [0, 0.1) is 11.9 Å². The number of nitrogen functional groups attached to an aromatic ring is 1. The van der Waals surface area contributed by atoms with Crippen molar-refractivity contribution in [3.05, 3.63) is 323 Å². The van der Waals surface area contributed by atoms with Crippen LogP contribution in [0.5, 0.6) is 0 Å². The van der Waals surface area contributed by atoms with Crippen molar-refractivity contribution in [2.75, 3.05) is 17.7 Å². The molecule has 0 saturated heterocycles. The summed E-state index contributed by atoms with van der Waals surface area (Å²) in [6.07, 6.45) is 10.8. The summed E-state index contributed by atoms with van der Waals surface area (Å²) in [5.74, 6) is -2.96. The molecule has 6 N–H and O–H groups in total. The lowest BCUT2D eigenvalue weighted by Gasteiger charge is -2.13. The SMILES string of the molecule is CCOC(=O)C(C)n1cc(Cc2ccc(Cl)cc2Cl)n(CC)c1=O.CCn1c(Cc2ccc(Cl)cc2Cl)c[nH]c1=O.CCn1c(Cc2ccc(Cl)cc2Cl)cn(C(C)C(=O)Nc2nc(F)ccc2N)c1=O.CCn1c(Cc2ccc(Cl)cc2Cl)cn(C(C)C(=O)O)c1=O.CCn1c(Cc2ccc(Cl)cc2Cl)cn(Cc2nc3nc(F)ccc3[nH]2)c1=O. The van der Waals surface area contributed by atoms with Gasteiger partial charge >= 0.3 is 40.4 Å². The molecule has 640 valence electrons. The van der Waals surface area contributed by atoms with E-state index in [0.29, 0.717) is 138 Å². The number of nitrogens with two attached hydrogens (primary N) is 1. The van der Waals surface area contributed by atoms with E-state index in [-0.39, 0.29) is 58.8 Å². The monoisotopic (exact) mass is 1850 g/mol. The third kappa shape index (κ3) is 24.0. The van der Waals surface area contributed by atoms with E-state index < -0.39 is 47.9 Å². The van der Waals surface area contributed by atoms with E-state index in [1.54, 1.807) is 158 Å². The molecule has 8 heterocycles. The van der Waals surface area contributed by atoms with E-state index in [2.05, 4.69) is 30.2 Å². The molecular weight excluding hydrogens is 1770 g/mol. The van der Waals surface area contributed by atoms with Crippen LogP contribution in [0.3, 0.4) is 0 Å². The van der Waals surface area contributed by atoms with E-state index in [9.17, 15) is 47.1 Å². The number of esters is 1. The molecule has 1 amide bonds. The van der Waals surface area contributed by atoms with Gasteiger partial charge in [0.15, 0.2) is 11.5 Å². The number of carboxylic acids is 1. The minimum Gasteiger partial charge on any atom is -0.480 e. The van der Waals surface area contributed by atoms with E-state index in [1.165, 1.54) is 32.8 Å². The highest BCUT2D eigenvalue weighted by Gasteiger charge is 2.26. The van der Waals surface area contributed by atoms with Crippen LogP contribution in [0.2, 0.25) is 50.2 Å². The number of amides is 1. The number of carbonyl (C=O) groups excluding carboxylic acids is 2. The first-order valence-corrected chi connectivity index (χ1v) is 41.6. The maximum Gasteiger partial charge on any atom is 0.329 e. The maximum atomic E-state index is 13.4. The number of pyridine rings is 2. The number of nitrogens with one attached hydrogen (secondary N) is 3. The van der Waals surface area contributed by atoms with Gasteiger partial charge in [0.05, 0.1) is 24.4 Å². The highest BCUT2D eigenvalue weighted by atomic mass is 35.5. The van der Waals surface area contributed by atoms with E-state index in [1.807, 2.05) is 52.8 Å². The molecule has 0 fully saturated rings. The molecule has 3 atom stereocenters. The molecule has 0 bridgehead atoms. The number of hydrogen-bond donors (Lipinski definition) is 5. The van der Waals surface area contributed by atoms with Crippen molar-refractivity contribution in [1.29, 1.82) is 0 Å². The Hall–Kier alpha value is -10.1. The highest BCUT2D eigenvalue weighted by Crippen LogP contribution is 2.30. The van der Waals surface area contributed by atoms with Crippen molar-refractivity contribution in [2.45, 2.75) is 152 Å². The van der Waals surface area contributed by atoms with Gasteiger partial charge < -0.3 is 30.9 Å². The molecule has 13 aromatic rings. The van der Waals surface area contributed by atoms with Crippen LogP contribution in [-0.4, -0.2) is 95.6 Å². The van der Waals surface area contributed by atoms with Gasteiger partial charge in [-0.1, -0.05) is 146 Å². The molecule has 26 nitrogen and oxygen atoms in total. The zero-order chi connectivity index (χ0) is 88.5. The van der Waals surface area contributed by atoms with Crippen LogP contribution in [-0.2, 0) is 90.5 Å². The quantitative estimate of drug-likeness (QED) is 0.0262. The van der Waals surface area contributed by atoms with E-state index in [4.69, 9.17) is 132 Å². The number of carboxylic acid groups (broad SMARTS) is 1. The smallest absolute Gasteiger partial charge is 0.329 e. The van der Waals surface area contributed by atoms with E-state index in [0.717, 1.165) is 51.0 Å². The second-order valence-electron chi connectivity index (χ2n) is 27.2. The molecule has 0 radical (unpaired) electrons. The van der Waals surface area contributed by atoms with Crippen molar-refractivity contribution < 1.29 is 33.0 Å². The third-order valence-corrected chi connectivity index (χ3v) is 22.2. The van der Waals surface area contributed by atoms with Crippen LogP contribution in [0.1, 0.15) is 143 Å². The van der Waals surface area contributed by atoms with Crippen molar-refractivity contribution in [1.82, 2.24) is 66.0 Å².